The standard InChI is InChI=1S/C13H17N3OS2/c14-11-7-6-10(19-11)13-15-12(16-17-13)8-18-9-4-2-1-3-5-9/h6-7,9H,1-5,8,14H2. The van der Waals surface area contributed by atoms with Crippen molar-refractivity contribution in [3.63, 3.8) is 0 Å². The lowest BCUT2D eigenvalue weighted by Gasteiger charge is -2.19. The van der Waals surface area contributed by atoms with Crippen molar-refractivity contribution < 1.29 is 4.52 Å². The Morgan fingerprint density at radius 1 is 1.32 bits per heavy atom. The van der Waals surface area contributed by atoms with E-state index >= 15 is 0 Å². The van der Waals surface area contributed by atoms with E-state index in [0.717, 1.165) is 26.7 Å². The molecule has 2 N–H and O–H groups in total. The number of anilines is 1. The average Bonchev–Trinajstić information content (AvgIpc) is 3.06. The number of thiophene rings is 1. The monoisotopic (exact) mass is 295 g/mol. The van der Waals surface area contributed by atoms with Gasteiger partial charge in [-0.15, -0.1) is 11.3 Å². The molecule has 2 aromatic rings. The van der Waals surface area contributed by atoms with Crippen LogP contribution in [0.15, 0.2) is 16.7 Å². The average molecular weight is 295 g/mol. The maximum Gasteiger partial charge on any atom is 0.268 e. The van der Waals surface area contributed by atoms with Crippen molar-refractivity contribution in [3.05, 3.63) is 18.0 Å². The summed E-state index contributed by atoms with van der Waals surface area (Å²) in [7, 11) is 0. The van der Waals surface area contributed by atoms with Crippen molar-refractivity contribution in [3.8, 4) is 10.8 Å². The van der Waals surface area contributed by atoms with Crippen LogP contribution in [0.5, 0.6) is 0 Å². The molecule has 0 saturated heterocycles. The highest BCUT2D eigenvalue weighted by molar-refractivity contribution is 7.99. The second-order valence-corrected chi connectivity index (χ2v) is 7.19. The van der Waals surface area contributed by atoms with E-state index in [1.807, 2.05) is 23.9 Å². The molecule has 0 aliphatic heterocycles. The minimum atomic E-state index is 0.584. The predicted molar refractivity (Wildman–Crippen MR) is 80.2 cm³/mol. The first-order chi connectivity index (χ1) is 9.31. The van der Waals surface area contributed by atoms with Crippen molar-refractivity contribution in [1.29, 1.82) is 0 Å². The Morgan fingerprint density at radius 3 is 2.89 bits per heavy atom. The molecule has 1 aliphatic rings. The second kappa shape index (κ2) is 5.96. The fourth-order valence-corrected chi connectivity index (χ4v) is 4.17. The number of nitrogens with zero attached hydrogens (tertiary/aromatic N) is 2. The van der Waals surface area contributed by atoms with Crippen LogP contribution in [0.1, 0.15) is 37.9 Å². The molecule has 0 amide bonds. The fourth-order valence-electron chi connectivity index (χ4n) is 2.30. The molecule has 3 rings (SSSR count). The Morgan fingerprint density at radius 2 is 2.16 bits per heavy atom. The van der Waals surface area contributed by atoms with E-state index < -0.39 is 0 Å². The molecular formula is C13H17N3OS2. The largest absolute Gasteiger partial charge is 0.391 e. The molecule has 2 heterocycles. The summed E-state index contributed by atoms with van der Waals surface area (Å²) >= 11 is 3.43. The van der Waals surface area contributed by atoms with E-state index in [0.29, 0.717) is 5.89 Å². The zero-order valence-electron chi connectivity index (χ0n) is 10.7. The molecule has 0 spiro atoms. The number of hydrogen-bond acceptors (Lipinski definition) is 6. The number of rotatable bonds is 4. The molecule has 2 aromatic heterocycles. The Hall–Kier alpha value is -1.01. The minimum Gasteiger partial charge on any atom is -0.391 e. The quantitative estimate of drug-likeness (QED) is 0.925. The van der Waals surface area contributed by atoms with Gasteiger partial charge in [-0.05, 0) is 25.0 Å². The molecular weight excluding hydrogens is 278 g/mol. The summed E-state index contributed by atoms with van der Waals surface area (Å²) in [5, 5.41) is 5.59. The fraction of sp³-hybridized carbons (Fsp3) is 0.538. The van der Waals surface area contributed by atoms with E-state index in [1.54, 1.807) is 0 Å². The second-order valence-electron chi connectivity index (χ2n) is 4.79. The van der Waals surface area contributed by atoms with Gasteiger partial charge in [0.15, 0.2) is 5.82 Å². The Labute approximate surface area is 120 Å². The zero-order chi connectivity index (χ0) is 13.1. The summed E-state index contributed by atoms with van der Waals surface area (Å²) in [6.45, 7) is 0. The first-order valence-corrected chi connectivity index (χ1v) is 8.47. The minimum absolute atomic E-state index is 0.584. The van der Waals surface area contributed by atoms with Gasteiger partial charge in [0, 0.05) is 5.25 Å². The normalized spacial score (nSPS) is 16.8. The first kappa shape index (κ1) is 13.0. The van der Waals surface area contributed by atoms with E-state index in [2.05, 4.69) is 10.1 Å². The topological polar surface area (TPSA) is 64.9 Å². The summed E-state index contributed by atoms with van der Waals surface area (Å²) in [6.07, 6.45) is 6.78. The Balaban J connectivity index is 1.58. The van der Waals surface area contributed by atoms with Crippen LogP contribution in [0.4, 0.5) is 5.00 Å². The van der Waals surface area contributed by atoms with Crippen LogP contribution < -0.4 is 5.73 Å². The number of aromatic nitrogens is 2. The highest BCUT2D eigenvalue weighted by Gasteiger charge is 2.16. The summed E-state index contributed by atoms with van der Waals surface area (Å²) in [5.41, 5.74) is 5.70. The van der Waals surface area contributed by atoms with Crippen molar-refractivity contribution in [2.24, 2.45) is 0 Å². The first-order valence-electron chi connectivity index (χ1n) is 6.61. The van der Waals surface area contributed by atoms with E-state index in [-0.39, 0.29) is 0 Å². The van der Waals surface area contributed by atoms with Crippen LogP contribution in [0.3, 0.4) is 0 Å². The molecule has 0 aromatic carbocycles. The molecule has 1 fully saturated rings. The Bertz CT molecular complexity index is 531. The lowest BCUT2D eigenvalue weighted by Crippen LogP contribution is -2.08. The maximum atomic E-state index is 5.70. The van der Waals surface area contributed by atoms with Crippen LogP contribution in [0, 0.1) is 0 Å². The molecule has 102 valence electrons. The van der Waals surface area contributed by atoms with Crippen LogP contribution >= 0.6 is 23.1 Å². The third-order valence-electron chi connectivity index (χ3n) is 3.31. The van der Waals surface area contributed by atoms with E-state index in [9.17, 15) is 0 Å². The van der Waals surface area contributed by atoms with Gasteiger partial charge in [0.25, 0.3) is 5.89 Å². The Kier molecular flexibility index (Phi) is 4.08. The molecule has 19 heavy (non-hydrogen) atoms. The highest BCUT2D eigenvalue weighted by atomic mass is 32.2. The van der Waals surface area contributed by atoms with Gasteiger partial charge in [-0.1, -0.05) is 24.4 Å². The summed E-state index contributed by atoms with van der Waals surface area (Å²) < 4.78 is 5.28. The lowest BCUT2D eigenvalue weighted by molar-refractivity contribution is 0.426. The van der Waals surface area contributed by atoms with Crippen molar-refractivity contribution in [2.45, 2.75) is 43.1 Å². The van der Waals surface area contributed by atoms with Crippen LogP contribution in [0.2, 0.25) is 0 Å². The van der Waals surface area contributed by atoms with Gasteiger partial charge in [0.2, 0.25) is 0 Å². The lowest BCUT2D eigenvalue weighted by atomic mass is 10.0. The molecule has 1 saturated carbocycles. The van der Waals surface area contributed by atoms with Crippen LogP contribution in [-0.2, 0) is 5.75 Å². The molecule has 1 aliphatic carbocycles. The predicted octanol–water partition coefficient (Wildman–Crippen LogP) is 3.95. The zero-order valence-corrected chi connectivity index (χ0v) is 12.3. The highest BCUT2D eigenvalue weighted by Crippen LogP contribution is 2.31. The van der Waals surface area contributed by atoms with E-state index in [4.69, 9.17) is 10.3 Å². The number of hydrogen-bond donors (Lipinski definition) is 1. The van der Waals surface area contributed by atoms with Crippen molar-refractivity contribution in [1.82, 2.24) is 10.1 Å². The van der Waals surface area contributed by atoms with Gasteiger partial charge in [0.05, 0.1) is 15.6 Å². The third-order valence-corrected chi connectivity index (χ3v) is 5.58. The van der Waals surface area contributed by atoms with Crippen molar-refractivity contribution >= 4 is 28.1 Å². The molecule has 0 radical (unpaired) electrons. The molecule has 6 heteroatoms. The van der Waals surface area contributed by atoms with Gasteiger partial charge in [-0.3, -0.25) is 0 Å². The molecule has 0 unspecified atom stereocenters. The van der Waals surface area contributed by atoms with Gasteiger partial charge < -0.3 is 10.3 Å². The summed E-state index contributed by atoms with van der Waals surface area (Å²) in [5.74, 6) is 2.22. The van der Waals surface area contributed by atoms with Crippen LogP contribution in [0.25, 0.3) is 10.8 Å². The molecule has 0 atom stereocenters. The number of nitrogen functional groups attached to an aromatic ring is 1. The van der Waals surface area contributed by atoms with Gasteiger partial charge in [-0.25, -0.2) is 0 Å². The van der Waals surface area contributed by atoms with Gasteiger partial charge >= 0.3 is 0 Å². The number of nitrogens with two attached hydrogens (primary N) is 1. The van der Waals surface area contributed by atoms with E-state index in [1.165, 1.54) is 43.4 Å². The molecule has 0 bridgehead atoms. The smallest absolute Gasteiger partial charge is 0.268 e. The summed E-state index contributed by atoms with van der Waals surface area (Å²) in [6, 6.07) is 3.78. The maximum absolute atomic E-state index is 5.70. The van der Waals surface area contributed by atoms with Gasteiger partial charge in [0.1, 0.15) is 0 Å². The van der Waals surface area contributed by atoms with Gasteiger partial charge in [-0.2, -0.15) is 16.7 Å². The summed E-state index contributed by atoms with van der Waals surface area (Å²) in [4.78, 5) is 5.38. The molecule has 4 nitrogen and oxygen atoms in total. The SMILES string of the molecule is Nc1ccc(-c2nc(CSC3CCCCC3)no2)s1. The van der Waals surface area contributed by atoms with Crippen LogP contribution in [-0.4, -0.2) is 15.4 Å². The number of thioether (sulfide) groups is 1. The van der Waals surface area contributed by atoms with Crippen molar-refractivity contribution in [2.75, 3.05) is 5.73 Å². The third kappa shape index (κ3) is 3.30.